The highest BCUT2D eigenvalue weighted by Crippen LogP contribution is 2.29. The fourth-order valence-electron chi connectivity index (χ4n) is 3.57. The average molecular weight is 505 g/mol. The standard InChI is InChI=1S/C22H21ClN4O4S2/c23-19-5-3-15(21(24)28)12-17(19)13-18-4-6-20(32-18)33(30,31)27-10-8-26(9-11-27)22(29)16-2-1-7-25-14-16/h1-7,12,14H,8-11,13H2,(H2,24,28). The summed E-state index contributed by atoms with van der Waals surface area (Å²) in [5.74, 6) is -0.711. The molecule has 1 aromatic carbocycles. The molecule has 0 spiro atoms. The molecular formula is C22H21ClN4O4S2. The number of piperazine rings is 1. The molecule has 0 saturated carbocycles. The second-order valence-electron chi connectivity index (χ2n) is 7.51. The van der Waals surface area contributed by atoms with Gasteiger partial charge in [0.2, 0.25) is 5.91 Å². The van der Waals surface area contributed by atoms with Crippen LogP contribution in [0.25, 0.3) is 0 Å². The van der Waals surface area contributed by atoms with E-state index in [1.165, 1.54) is 10.5 Å². The summed E-state index contributed by atoms with van der Waals surface area (Å²) in [5.41, 5.74) is 6.86. The van der Waals surface area contributed by atoms with Crippen LogP contribution in [0, 0.1) is 0 Å². The predicted octanol–water partition coefficient (Wildman–Crippen LogP) is 2.63. The monoisotopic (exact) mass is 504 g/mol. The fourth-order valence-corrected chi connectivity index (χ4v) is 6.71. The third-order valence-corrected chi connectivity index (χ3v) is 9.18. The van der Waals surface area contributed by atoms with Crippen LogP contribution in [0.4, 0.5) is 0 Å². The minimum atomic E-state index is -3.68. The van der Waals surface area contributed by atoms with Crippen molar-refractivity contribution in [1.82, 2.24) is 14.2 Å². The summed E-state index contributed by atoms with van der Waals surface area (Å²) in [4.78, 5) is 30.4. The van der Waals surface area contributed by atoms with E-state index in [-0.39, 0.29) is 23.2 Å². The lowest BCUT2D eigenvalue weighted by Crippen LogP contribution is -2.50. The molecule has 1 saturated heterocycles. The largest absolute Gasteiger partial charge is 0.366 e. The topological polar surface area (TPSA) is 114 Å². The molecule has 11 heteroatoms. The molecule has 1 aliphatic rings. The number of thiophene rings is 1. The number of pyridine rings is 1. The van der Waals surface area contributed by atoms with Gasteiger partial charge in [-0.1, -0.05) is 11.6 Å². The molecule has 2 N–H and O–H groups in total. The lowest BCUT2D eigenvalue weighted by molar-refractivity contribution is 0.0697. The molecule has 2 aromatic heterocycles. The fraction of sp³-hybridized carbons (Fsp3) is 0.227. The Labute approximate surface area is 200 Å². The van der Waals surface area contributed by atoms with Gasteiger partial charge >= 0.3 is 0 Å². The van der Waals surface area contributed by atoms with Gasteiger partial charge in [-0.25, -0.2) is 8.42 Å². The van der Waals surface area contributed by atoms with Crippen LogP contribution in [0.3, 0.4) is 0 Å². The number of halogens is 1. The van der Waals surface area contributed by atoms with E-state index in [4.69, 9.17) is 17.3 Å². The number of rotatable bonds is 6. The number of primary amides is 1. The molecule has 0 bridgehead atoms. The Balaban J connectivity index is 1.44. The molecule has 8 nitrogen and oxygen atoms in total. The zero-order valence-corrected chi connectivity index (χ0v) is 19.9. The molecule has 1 fully saturated rings. The highest BCUT2D eigenvalue weighted by molar-refractivity contribution is 7.91. The molecule has 0 unspecified atom stereocenters. The maximum Gasteiger partial charge on any atom is 0.255 e. The van der Waals surface area contributed by atoms with Crippen LogP contribution in [0.15, 0.2) is 59.1 Å². The Morgan fingerprint density at radius 2 is 1.82 bits per heavy atom. The van der Waals surface area contributed by atoms with E-state index in [0.29, 0.717) is 41.2 Å². The van der Waals surface area contributed by atoms with Crippen molar-refractivity contribution < 1.29 is 18.0 Å². The summed E-state index contributed by atoms with van der Waals surface area (Å²) in [6.45, 7) is 1.05. The molecule has 1 aliphatic heterocycles. The molecule has 0 radical (unpaired) electrons. The minimum absolute atomic E-state index is 0.159. The van der Waals surface area contributed by atoms with Gasteiger partial charge in [-0.2, -0.15) is 4.31 Å². The molecule has 4 rings (SSSR count). The normalized spacial score (nSPS) is 14.9. The van der Waals surface area contributed by atoms with E-state index in [2.05, 4.69) is 4.98 Å². The lowest BCUT2D eigenvalue weighted by atomic mass is 10.1. The van der Waals surface area contributed by atoms with E-state index in [1.807, 2.05) is 0 Å². The van der Waals surface area contributed by atoms with Gasteiger partial charge in [0.15, 0.2) is 0 Å². The number of aromatic nitrogens is 1. The van der Waals surface area contributed by atoms with Crippen molar-refractivity contribution in [1.29, 1.82) is 0 Å². The van der Waals surface area contributed by atoms with Crippen molar-refractivity contribution in [3.63, 3.8) is 0 Å². The summed E-state index contributed by atoms with van der Waals surface area (Å²) in [5, 5.41) is 0.479. The Morgan fingerprint density at radius 3 is 2.48 bits per heavy atom. The minimum Gasteiger partial charge on any atom is -0.366 e. The van der Waals surface area contributed by atoms with Crippen molar-refractivity contribution >= 4 is 44.8 Å². The molecule has 172 valence electrons. The van der Waals surface area contributed by atoms with E-state index >= 15 is 0 Å². The number of amides is 2. The second-order valence-corrected chi connectivity index (χ2v) is 11.2. The zero-order chi connectivity index (χ0) is 23.6. The van der Waals surface area contributed by atoms with Crippen LogP contribution >= 0.6 is 22.9 Å². The molecular weight excluding hydrogens is 484 g/mol. The summed E-state index contributed by atoms with van der Waals surface area (Å²) in [7, 11) is -3.68. The number of carbonyl (C=O) groups excluding carboxylic acids is 2. The maximum atomic E-state index is 13.1. The van der Waals surface area contributed by atoms with Crippen molar-refractivity contribution in [3.05, 3.63) is 81.4 Å². The van der Waals surface area contributed by atoms with Gasteiger partial charge < -0.3 is 10.6 Å². The first-order chi connectivity index (χ1) is 15.8. The van der Waals surface area contributed by atoms with Gasteiger partial charge in [0, 0.05) is 60.5 Å². The van der Waals surface area contributed by atoms with Gasteiger partial charge in [-0.15, -0.1) is 11.3 Å². The van der Waals surface area contributed by atoms with Crippen molar-refractivity contribution in [2.75, 3.05) is 26.2 Å². The predicted molar refractivity (Wildman–Crippen MR) is 126 cm³/mol. The van der Waals surface area contributed by atoms with Crippen LogP contribution in [-0.2, 0) is 16.4 Å². The van der Waals surface area contributed by atoms with Crippen LogP contribution in [-0.4, -0.2) is 60.6 Å². The summed E-state index contributed by atoms with van der Waals surface area (Å²) >= 11 is 7.40. The first kappa shape index (κ1) is 23.4. The third kappa shape index (κ3) is 5.09. The zero-order valence-electron chi connectivity index (χ0n) is 17.5. The number of nitrogens with two attached hydrogens (primary N) is 1. The van der Waals surface area contributed by atoms with E-state index in [1.54, 1.807) is 53.6 Å². The molecule has 33 heavy (non-hydrogen) atoms. The molecule has 0 aliphatic carbocycles. The molecule has 3 aromatic rings. The average Bonchev–Trinajstić information content (AvgIpc) is 3.30. The Morgan fingerprint density at radius 1 is 1.06 bits per heavy atom. The maximum absolute atomic E-state index is 13.1. The molecule has 2 amide bonds. The SMILES string of the molecule is NC(=O)c1ccc(Cl)c(Cc2ccc(S(=O)(=O)N3CCN(C(=O)c4cccnc4)CC3)s2)c1. The summed E-state index contributed by atoms with van der Waals surface area (Å²) < 4.78 is 27.9. The van der Waals surface area contributed by atoms with Gasteiger partial charge in [0.1, 0.15) is 4.21 Å². The lowest BCUT2D eigenvalue weighted by Gasteiger charge is -2.33. The van der Waals surface area contributed by atoms with Crippen LogP contribution in [0.2, 0.25) is 5.02 Å². The smallest absolute Gasteiger partial charge is 0.255 e. The van der Waals surface area contributed by atoms with E-state index in [0.717, 1.165) is 16.2 Å². The first-order valence-corrected chi connectivity index (χ1v) is 12.8. The van der Waals surface area contributed by atoms with Crippen LogP contribution < -0.4 is 5.73 Å². The number of sulfonamides is 1. The molecule has 0 atom stereocenters. The van der Waals surface area contributed by atoms with Crippen molar-refractivity contribution in [2.24, 2.45) is 5.73 Å². The number of hydrogen-bond donors (Lipinski definition) is 1. The number of hydrogen-bond acceptors (Lipinski definition) is 6. The van der Waals surface area contributed by atoms with Crippen molar-refractivity contribution in [3.8, 4) is 0 Å². The Bertz CT molecular complexity index is 1290. The summed E-state index contributed by atoms with van der Waals surface area (Å²) in [6.07, 6.45) is 3.48. The highest BCUT2D eigenvalue weighted by atomic mass is 35.5. The van der Waals surface area contributed by atoms with Gasteiger partial charge in [0.25, 0.3) is 15.9 Å². The van der Waals surface area contributed by atoms with Gasteiger partial charge in [-0.05, 0) is 48.0 Å². The van der Waals surface area contributed by atoms with Crippen LogP contribution in [0.5, 0.6) is 0 Å². The highest BCUT2D eigenvalue weighted by Gasteiger charge is 2.31. The van der Waals surface area contributed by atoms with Gasteiger partial charge in [-0.3, -0.25) is 14.6 Å². The number of carbonyl (C=O) groups is 2. The van der Waals surface area contributed by atoms with Crippen molar-refractivity contribution in [2.45, 2.75) is 10.6 Å². The number of benzene rings is 1. The van der Waals surface area contributed by atoms with Gasteiger partial charge in [0.05, 0.1) is 5.56 Å². The van der Waals surface area contributed by atoms with E-state index < -0.39 is 15.9 Å². The first-order valence-electron chi connectivity index (χ1n) is 10.1. The van der Waals surface area contributed by atoms with Crippen LogP contribution in [0.1, 0.15) is 31.2 Å². The Hall–Kier alpha value is -2.79. The Kier molecular flexibility index (Phi) is 6.80. The third-order valence-electron chi connectivity index (χ3n) is 5.36. The quantitative estimate of drug-likeness (QED) is 0.554. The summed E-state index contributed by atoms with van der Waals surface area (Å²) in [6, 6.07) is 11.5. The number of nitrogens with zero attached hydrogens (tertiary/aromatic N) is 3. The second kappa shape index (κ2) is 9.60. The molecule has 3 heterocycles. The van der Waals surface area contributed by atoms with E-state index in [9.17, 15) is 18.0 Å².